The second kappa shape index (κ2) is 6.12. The monoisotopic (exact) mass is 310 g/mol. The van der Waals surface area contributed by atoms with E-state index in [1.165, 1.54) is 4.90 Å². The largest absolute Gasteiger partial charge is 0.483 e. The Morgan fingerprint density at radius 2 is 1.87 bits per heavy atom. The molecule has 1 heterocycles. The topological polar surface area (TPSA) is 72.6 Å². The summed E-state index contributed by atoms with van der Waals surface area (Å²) in [6, 6.07) is 14.3. The first-order chi connectivity index (χ1) is 11.1. The first kappa shape index (κ1) is 15.1. The van der Waals surface area contributed by atoms with Crippen molar-refractivity contribution in [1.29, 1.82) is 0 Å². The van der Waals surface area contributed by atoms with Crippen LogP contribution in [0.4, 0.5) is 5.69 Å². The predicted octanol–water partition coefficient (Wildman–Crippen LogP) is 1.82. The Morgan fingerprint density at radius 1 is 1.17 bits per heavy atom. The molecule has 0 saturated heterocycles. The van der Waals surface area contributed by atoms with Crippen molar-refractivity contribution in [2.24, 2.45) is 5.73 Å². The highest BCUT2D eigenvalue weighted by Gasteiger charge is 2.37. The summed E-state index contributed by atoms with van der Waals surface area (Å²) >= 11 is 0. The van der Waals surface area contributed by atoms with Crippen molar-refractivity contribution in [1.82, 2.24) is 0 Å². The summed E-state index contributed by atoms with van der Waals surface area (Å²) in [7, 11) is 0. The number of nitrogens with zero attached hydrogens (tertiary/aromatic N) is 1. The molecule has 2 aromatic rings. The minimum absolute atomic E-state index is 0.136. The van der Waals surface area contributed by atoms with Crippen LogP contribution in [0.2, 0.25) is 0 Å². The third kappa shape index (κ3) is 2.90. The highest BCUT2D eigenvalue weighted by Crippen LogP contribution is 2.32. The molecule has 0 saturated carbocycles. The second-order valence-corrected chi connectivity index (χ2v) is 5.57. The zero-order valence-corrected chi connectivity index (χ0v) is 12.9. The Labute approximate surface area is 134 Å². The molecular weight excluding hydrogens is 292 g/mol. The van der Waals surface area contributed by atoms with Gasteiger partial charge in [-0.05, 0) is 30.2 Å². The summed E-state index contributed by atoms with van der Waals surface area (Å²) in [4.78, 5) is 25.8. The van der Waals surface area contributed by atoms with Crippen LogP contribution in [0, 0.1) is 6.92 Å². The van der Waals surface area contributed by atoms with E-state index >= 15 is 0 Å². The second-order valence-electron chi connectivity index (χ2n) is 5.57. The molecule has 5 nitrogen and oxygen atoms in total. The average Bonchev–Trinajstić information content (AvgIpc) is 2.93. The van der Waals surface area contributed by atoms with E-state index in [1.807, 2.05) is 55.5 Å². The van der Waals surface area contributed by atoms with Crippen LogP contribution >= 0.6 is 0 Å². The molecule has 3 rings (SSSR count). The molecule has 2 N–H and O–H groups in total. The summed E-state index contributed by atoms with van der Waals surface area (Å²) < 4.78 is 5.61. The van der Waals surface area contributed by atoms with Crippen LogP contribution in [-0.4, -0.2) is 24.5 Å². The number of rotatable bonds is 4. The molecule has 0 spiro atoms. The number of benzene rings is 2. The molecule has 2 amide bonds. The summed E-state index contributed by atoms with van der Waals surface area (Å²) in [5.41, 5.74) is 8.09. The van der Waals surface area contributed by atoms with Gasteiger partial charge in [-0.15, -0.1) is 0 Å². The van der Waals surface area contributed by atoms with Gasteiger partial charge in [0.05, 0.1) is 0 Å². The number of fused-ring (bicyclic) bond motifs is 1. The van der Waals surface area contributed by atoms with Crippen LogP contribution < -0.4 is 15.4 Å². The number of hydrogen-bond donors (Lipinski definition) is 1. The van der Waals surface area contributed by atoms with E-state index in [1.54, 1.807) is 0 Å². The van der Waals surface area contributed by atoms with Crippen molar-refractivity contribution in [3.8, 4) is 5.75 Å². The fourth-order valence-electron chi connectivity index (χ4n) is 2.85. The van der Waals surface area contributed by atoms with Gasteiger partial charge in [0, 0.05) is 12.1 Å². The molecule has 1 unspecified atom stereocenters. The normalized spacial score (nSPS) is 16.0. The smallest absolute Gasteiger partial charge is 0.265 e. The number of primary amides is 1. The average molecular weight is 310 g/mol. The van der Waals surface area contributed by atoms with Crippen LogP contribution in [0.25, 0.3) is 0 Å². The van der Waals surface area contributed by atoms with E-state index in [9.17, 15) is 9.59 Å². The Bertz CT molecular complexity index is 757. The quantitative estimate of drug-likeness (QED) is 0.936. The van der Waals surface area contributed by atoms with E-state index in [0.717, 1.165) is 16.8 Å². The van der Waals surface area contributed by atoms with Gasteiger partial charge in [0.25, 0.3) is 5.91 Å². The summed E-state index contributed by atoms with van der Waals surface area (Å²) in [5.74, 6) is -0.128. The molecule has 0 aromatic heterocycles. The van der Waals surface area contributed by atoms with E-state index in [2.05, 4.69) is 0 Å². The Balaban J connectivity index is 1.80. The number of anilines is 1. The molecule has 5 heteroatoms. The van der Waals surface area contributed by atoms with Crippen molar-refractivity contribution in [2.45, 2.75) is 19.4 Å². The predicted molar refractivity (Wildman–Crippen MR) is 87.3 cm³/mol. The number of carbonyl (C=O) groups excluding carboxylic acids is 2. The fourth-order valence-corrected chi connectivity index (χ4v) is 2.85. The van der Waals surface area contributed by atoms with Crippen LogP contribution in [0.5, 0.6) is 5.75 Å². The minimum atomic E-state index is -0.652. The first-order valence-corrected chi connectivity index (χ1v) is 7.45. The fraction of sp³-hybridized carbons (Fsp3) is 0.222. The first-order valence-electron chi connectivity index (χ1n) is 7.45. The molecule has 118 valence electrons. The van der Waals surface area contributed by atoms with Crippen LogP contribution in [-0.2, 0) is 16.0 Å². The Kier molecular flexibility index (Phi) is 4.02. The highest BCUT2D eigenvalue weighted by atomic mass is 16.5. The molecule has 2 aromatic carbocycles. The van der Waals surface area contributed by atoms with Gasteiger partial charge in [-0.2, -0.15) is 0 Å². The van der Waals surface area contributed by atoms with Gasteiger partial charge in [-0.3, -0.25) is 14.5 Å². The van der Waals surface area contributed by atoms with Crippen LogP contribution in [0.1, 0.15) is 11.1 Å². The molecule has 0 radical (unpaired) electrons. The standard InChI is InChI=1S/C18H18N2O3/c1-12-6-2-5-9-16(12)23-11-17(21)20-14-8-4-3-7-13(14)10-15(20)18(19)22/h2-9,15H,10-11H2,1H3,(H2,19,22). The lowest BCUT2D eigenvalue weighted by molar-refractivity contribution is -0.125. The van der Waals surface area contributed by atoms with Crippen molar-refractivity contribution < 1.29 is 14.3 Å². The van der Waals surface area contributed by atoms with Gasteiger partial charge < -0.3 is 10.5 Å². The third-order valence-electron chi connectivity index (χ3n) is 4.02. The summed E-state index contributed by atoms with van der Waals surface area (Å²) in [6.45, 7) is 1.78. The van der Waals surface area contributed by atoms with Gasteiger partial charge in [-0.1, -0.05) is 36.4 Å². The zero-order valence-electron chi connectivity index (χ0n) is 12.9. The number of para-hydroxylation sites is 2. The maximum absolute atomic E-state index is 12.6. The van der Waals surface area contributed by atoms with Gasteiger partial charge in [0.15, 0.2) is 6.61 Å². The lowest BCUT2D eigenvalue weighted by atomic mass is 10.1. The molecular formula is C18H18N2O3. The van der Waals surface area contributed by atoms with Crippen LogP contribution in [0.3, 0.4) is 0 Å². The lowest BCUT2D eigenvalue weighted by Crippen LogP contribution is -2.47. The summed E-state index contributed by atoms with van der Waals surface area (Å²) in [5, 5.41) is 0. The number of amides is 2. The molecule has 23 heavy (non-hydrogen) atoms. The van der Waals surface area contributed by atoms with E-state index in [-0.39, 0.29) is 12.5 Å². The molecule has 1 atom stereocenters. The molecule has 1 aliphatic rings. The van der Waals surface area contributed by atoms with E-state index in [4.69, 9.17) is 10.5 Å². The molecule has 0 fully saturated rings. The maximum Gasteiger partial charge on any atom is 0.265 e. The van der Waals surface area contributed by atoms with Gasteiger partial charge in [-0.25, -0.2) is 0 Å². The van der Waals surface area contributed by atoms with E-state index in [0.29, 0.717) is 12.2 Å². The number of aryl methyl sites for hydroxylation is 1. The zero-order chi connectivity index (χ0) is 16.4. The van der Waals surface area contributed by atoms with Gasteiger partial charge >= 0.3 is 0 Å². The summed E-state index contributed by atoms with van der Waals surface area (Å²) in [6.07, 6.45) is 0.446. The molecule has 1 aliphatic heterocycles. The number of hydrogen-bond acceptors (Lipinski definition) is 3. The lowest BCUT2D eigenvalue weighted by Gasteiger charge is -2.23. The maximum atomic E-state index is 12.6. The van der Waals surface area contributed by atoms with Crippen LogP contribution in [0.15, 0.2) is 48.5 Å². The SMILES string of the molecule is Cc1ccccc1OCC(=O)N1c2ccccc2CC1C(N)=O. The van der Waals surface area contributed by atoms with Gasteiger partial charge in [0.1, 0.15) is 11.8 Å². The number of carbonyl (C=O) groups is 2. The highest BCUT2D eigenvalue weighted by molar-refractivity contribution is 6.03. The minimum Gasteiger partial charge on any atom is -0.483 e. The molecule has 0 aliphatic carbocycles. The van der Waals surface area contributed by atoms with Crippen molar-refractivity contribution in [3.63, 3.8) is 0 Å². The Morgan fingerprint density at radius 3 is 2.61 bits per heavy atom. The number of ether oxygens (including phenoxy) is 1. The van der Waals surface area contributed by atoms with Crippen molar-refractivity contribution >= 4 is 17.5 Å². The Hall–Kier alpha value is -2.82. The molecule has 0 bridgehead atoms. The van der Waals surface area contributed by atoms with Gasteiger partial charge in [0.2, 0.25) is 5.91 Å². The number of nitrogens with two attached hydrogens (primary N) is 1. The van der Waals surface area contributed by atoms with Crippen molar-refractivity contribution in [2.75, 3.05) is 11.5 Å². The van der Waals surface area contributed by atoms with E-state index < -0.39 is 11.9 Å². The third-order valence-corrected chi connectivity index (χ3v) is 4.02. The van der Waals surface area contributed by atoms with Crippen molar-refractivity contribution in [3.05, 3.63) is 59.7 Å².